The Hall–Kier alpha value is -0.930. The van der Waals surface area contributed by atoms with Crippen molar-refractivity contribution < 1.29 is 4.39 Å². The second kappa shape index (κ2) is 4.73. The molecular weight excluding hydrogens is 191 g/mol. The van der Waals surface area contributed by atoms with Gasteiger partial charge >= 0.3 is 0 Å². The molecule has 15 heavy (non-hydrogen) atoms. The van der Waals surface area contributed by atoms with Gasteiger partial charge < -0.3 is 10.2 Å². The van der Waals surface area contributed by atoms with Crippen LogP contribution in [-0.4, -0.2) is 31.1 Å². The Balaban J connectivity index is 2.06. The molecule has 1 heterocycles. The smallest absolute Gasteiger partial charge is 0.123 e. The highest BCUT2D eigenvalue weighted by molar-refractivity contribution is 5.20. The maximum absolute atomic E-state index is 12.8. The van der Waals surface area contributed by atoms with Crippen molar-refractivity contribution in [3.63, 3.8) is 0 Å². The van der Waals surface area contributed by atoms with E-state index >= 15 is 0 Å². The number of hydrogen-bond acceptors (Lipinski definition) is 2. The summed E-state index contributed by atoms with van der Waals surface area (Å²) >= 11 is 0. The van der Waals surface area contributed by atoms with Gasteiger partial charge in [-0.3, -0.25) is 0 Å². The summed E-state index contributed by atoms with van der Waals surface area (Å²) in [7, 11) is 0. The van der Waals surface area contributed by atoms with E-state index in [-0.39, 0.29) is 5.82 Å². The molecule has 0 saturated carbocycles. The molecule has 3 heteroatoms. The van der Waals surface area contributed by atoms with E-state index < -0.39 is 0 Å². The monoisotopic (exact) mass is 208 g/mol. The minimum atomic E-state index is -0.165. The van der Waals surface area contributed by atoms with Crippen LogP contribution >= 0.6 is 0 Å². The molecular formula is C12H17FN2. The van der Waals surface area contributed by atoms with Gasteiger partial charge in [-0.2, -0.15) is 0 Å². The zero-order chi connectivity index (χ0) is 10.7. The van der Waals surface area contributed by atoms with Crippen LogP contribution in [0.25, 0.3) is 0 Å². The van der Waals surface area contributed by atoms with Gasteiger partial charge in [-0.15, -0.1) is 0 Å². The van der Waals surface area contributed by atoms with E-state index in [1.807, 2.05) is 12.1 Å². The Morgan fingerprint density at radius 1 is 1.40 bits per heavy atom. The van der Waals surface area contributed by atoms with Crippen LogP contribution in [-0.2, 0) is 0 Å². The molecule has 82 valence electrons. The Morgan fingerprint density at radius 2 is 2.13 bits per heavy atom. The quantitative estimate of drug-likeness (QED) is 0.797. The second-order valence-corrected chi connectivity index (χ2v) is 3.95. The third-order valence-corrected chi connectivity index (χ3v) is 2.98. The number of nitrogens with zero attached hydrogens (tertiary/aromatic N) is 1. The SMILES string of the molecule is CCN1CCNC(c2ccc(F)cc2)C1. The summed E-state index contributed by atoms with van der Waals surface area (Å²) in [4.78, 5) is 2.41. The average molecular weight is 208 g/mol. The molecule has 0 radical (unpaired) electrons. The van der Waals surface area contributed by atoms with Crippen LogP contribution in [0.15, 0.2) is 24.3 Å². The molecule has 0 amide bonds. The number of likely N-dealkylation sites (N-methyl/N-ethyl adjacent to an activating group) is 1. The number of hydrogen-bond donors (Lipinski definition) is 1. The van der Waals surface area contributed by atoms with Crippen molar-refractivity contribution in [3.05, 3.63) is 35.6 Å². The number of piperazine rings is 1. The summed E-state index contributed by atoms with van der Waals surface area (Å²) in [6.45, 7) is 6.39. The molecule has 1 aromatic rings. The topological polar surface area (TPSA) is 15.3 Å². The second-order valence-electron chi connectivity index (χ2n) is 3.95. The van der Waals surface area contributed by atoms with Gasteiger partial charge in [-0.05, 0) is 24.2 Å². The van der Waals surface area contributed by atoms with Crippen molar-refractivity contribution in [2.75, 3.05) is 26.2 Å². The number of benzene rings is 1. The third kappa shape index (κ3) is 2.55. The molecule has 1 aliphatic rings. The fourth-order valence-electron chi connectivity index (χ4n) is 2.02. The standard InChI is InChI=1S/C12H17FN2/c1-2-15-8-7-14-12(9-15)10-3-5-11(13)6-4-10/h3-6,12,14H,2,7-9H2,1H3. The fourth-order valence-corrected chi connectivity index (χ4v) is 2.02. The third-order valence-electron chi connectivity index (χ3n) is 2.98. The molecule has 1 atom stereocenters. The molecule has 0 spiro atoms. The summed E-state index contributed by atoms with van der Waals surface area (Å²) in [6.07, 6.45) is 0. The van der Waals surface area contributed by atoms with E-state index in [1.165, 1.54) is 17.7 Å². The molecule has 1 aliphatic heterocycles. The van der Waals surface area contributed by atoms with Gasteiger partial charge in [0, 0.05) is 25.7 Å². The first-order chi connectivity index (χ1) is 7.29. The van der Waals surface area contributed by atoms with Crippen LogP contribution in [0, 0.1) is 5.82 Å². The van der Waals surface area contributed by atoms with Gasteiger partial charge in [0.1, 0.15) is 5.82 Å². The molecule has 1 saturated heterocycles. The summed E-state index contributed by atoms with van der Waals surface area (Å²) in [5.41, 5.74) is 1.18. The molecule has 1 N–H and O–H groups in total. The van der Waals surface area contributed by atoms with Gasteiger partial charge in [0.25, 0.3) is 0 Å². The first-order valence-corrected chi connectivity index (χ1v) is 5.51. The highest BCUT2D eigenvalue weighted by atomic mass is 19.1. The predicted octanol–water partition coefficient (Wildman–Crippen LogP) is 1.79. The van der Waals surface area contributed by atoms with Crippen molar-refractivity contribution in [3.8, 4) is 0 Å². The fraction of sp³-hybridized carbons (Fsp3) is 0.500. The van der Waals surface area contributed by atoms with Gasteiger partial charge in [-0.1, -0.05) is 19.1 Å². The van der Waals surface area contributed by atoms with E-state index in [1.54, 1.807) is 0 Å². The highest BCUT2D eigenvalue weighted by Gasteiger charge is 2.19. The lowest BCUT2D eigenvalue weighted by Gasteiger charge is -2.33. The van der Waals surface area contributed by atoms with E-state index in [2.05, 4.69) is 17.1 Å². The Labute approximate surface area is 90.1 Å². The molecule has 0 aromatic heterocycles. The largest absolute Gasteiger partial charge is 0.308 e. The van der Waals surface area contributed by atoms with Crippen molar-refractivity contribution in [1.29, 1.82) is 0 Å². The molecule has 2 rings (SSSR count). The van der Waals surface area contributed by atoms with Crippen LogP contribution in [0.2, 0.25) is 0 Å². The minimum Gasteiger partial charge on any atom is -0.308 e. The van der Waals surface area contributed by atoms with E-state index in [4.69, 9.17) is 0 Å². The first-order valence-electron chi connectivity index (χ1n) is 5.51. The van der Waals surface area contributed by atoms with E-state index in [0.29, 0.717) is 6.04 Å². The van der Waals surface area contributed by atoms with Crippen LogP contribution in [0.3, 0.4) is 0 Å². The molecule has 1 aromatic carbocycles. The van der Waals surface area contributed by atoms with Crippen molar-refractivity contribution in [2.24, 2.45) is 0 Å². The zero-order valence-corrected chi connectivity index (χ0v) is 9.04. The van der Waals surface area contributed by atoms with Gasteiger partial charge in [0.15, 0.2) is 0 Å². The highest BCUT2D eigenvalue weighted by Crippen LogP contribution is 2.17. The van der Waals surface area contributed by atoms with Crippen LogP contribution in [0.1, 0.15) is 18.5 Å². The Kier molecular flexibility index (Phi) is 3.34. The number of rotatable bonds is 2. The molecule has 2 nitrogen and oxygen atoms in total. The predicted molar refractivity (Wildman–Crippen MR) is 59.3 cm³/mol. The number of halogens is 1. The molecule has 0 aliphatic carbocycles. The molecule has 1 fully saturated rings. The van der Waals surface area contributed by atoms with Crippen LogP contribution < -0.4 is 5.32 Å². The van der Waals surface area contributed by atoms with Gasteiger partial charge in [-0.25, -0.2) is 4.39 Å². The minimum absolute atomic E-state index is 0.165. The average Bonchev–Trinajstić information content (AvgIpc) is 2.30. The van der Waals surface area contributed by atoms with Crippen molar-refractivity contribution in [1.82, 2.24) is 10.2 Å². The van der Waals surface area contributed by atoms with Crippen LogP contribution in [0.5, 0.6) is 0 Å². The summed E-state index contributed by atoms with van der Waals surface area (Å²) in [5.74, 6) is -0.165. The Bertz CT molecular complexity index is 310. The summed E-state index contributed by atoms with van der Waals surface area (Å²) in [5, 5.41) is 3.46. The van der Waals surface area contributed by atoms with Gasteiger partial charge in [0.2, 0.25) is 0 Å². The van der Waals surface area contributed by atoms with Gasteiger partial charge in [0.05, 0.1) is 0 Å². The summed E-state index contributed by atoms with van der Waals surface area (Å²) < 4.78 is 12.8. The van der Waals surface area contributed by atoms with E-state index in [0.717, 1.165) is 26.2 Å². The lowest BCUT2D eigenvalue weighted by molar-refractivity contribution is 0.210. The maximum atomic E-state index is 12.8. The van der Waals surface area contributed by atoms with Crippen molar-refractivity contribution in [2.45, 2.75) is 13.0 Å². The molecule has 0 bridgehead atoms. The lowest BCUT2D eigenvalue weighted by atomic mass is 10.0. The lowest BCUT2D eigenvalue weighted by Crippen LogP contribution is -2.45. The van der Waals surface area contributed by atoms with E-state index in [9.17, 15) is 4.39 Å². The first kappa shape index (κ1) is 10.6. The van der Waals surface area contributed by atoms with Crippen LogP contribution in [0.4, 0.5) is 4.39 Å². The Morgan fingerprint density at radius 3 is 2.80 bits per heavy atom. The summed E-state index contributed by atoms with van der Waals surface area (Å²) in [6, 6.07) is 7.14. The number of nitrogens with one attached hydrogen (secondary N) is 1. The van der Waals surface area contributed by atoms with Crippen molar-refractivity contribution >= 4 is 0 Å². The normalized spacial score (nSPS) is 22.9. The maximum Gasteiger partial charge on any atom is 0.123 e. The zero-order valence-electron chi connectivity index (χ0n) is 9.04. The molecule has 1 unspecified atom stereocenters.